The van der Waals surface area contributed by atoms with E-state index in [4.69, 9.17) is 15.2 Å². The van der Waals surface area contributed by atoms with Crippen LogP contribution < -0.4 is 11.1 Å². The Morgan fingerprint density at radius 2 is 1.85 bits per heavy atom. The molecule has 1 heterocycles. The van der Waals surface area contributed by atoms with Gasteiger partial charge in [0.1, 0.15) is 11.3 Å². The normalized spacial score (nSPS) is 17.1. The van der Waals surface area contributed by atoms with Crippen molar-refractivity contribution in [3.63, 3.8) is 0 Å². The molecule has 1 fully saturated rings. The zero-order valence-electron chi connectivity index (χ0n) is 22.4. The number of amides is 1. The summed E-state index contributed by atoms with van der Waals surface area (Å²) in [5.41, 5.74) is 7.63. The maximum Gasteiger partial charge on any atom is 0.407 e. The number of rotatable bonds is 9. The summed E-state index contributed by atoms with van der Waals surface area (Å²) < 4.78 is 10.6. The summed E-state index contributed by atoms with van der Waals surface area (Å²) in [6.45, 7) is 20.2. The van der Waals surface area contributed by atoms with Crippen LogP contribution in [0.15, 0.2) is 23.0 Å². The van der Waals surface area contributed by atoms with Crippen LogP contribution in [0.25, 0.3) is 0 Å². The molecule has 192 valence electrons. The second-order valence-electron chi connectivity index (χ2n) is 9.29. The van der Waals surface area contributed by atoms with Crippen molar-refractivity contribution in [2.24, 2.45) is 5.73 Å². The van der Waals surface area contributed by atoms with Gasteiger partial charge in [-0.1, -0.05) is 25.5 Å². The summed E-state index contributed by atoms with van der Waals surface area (Å²) in [5.74, 6) is -0.403. The molecule has 3 N–H and O–H groups in total. The van der Waals surface area contributed by atoms with Crippen molar-refractivity contribution in [1.29, 1.82) is 0 Å². The predicted octanol–water partition coefficient (Wildman–Crippen LogP) is 4.37. The summed E-state index contributed by atoms with van der Waals surface area (Å²) in [5, 5.41) is 2.97. The Morgan fingerprint density at radius 3 is 2.36 bits per heavy atom. The fourth-order valence-corrected chi connectivity index (χ4v) is 3.52. The van der Waals surface area contributed by atoms with E-state index in [0.717, 1.165) is 25.8 Å². The second kappa shape index (κ2) is 15.6. The molecular weight excluding hydrogens is 420 g/mol. The lowest BCUT2D eigenvalue weighted by Crippen LogP contribution is -2.52. The maximum absolute atomic E-state index is 12.6. The third-order valence-corrected chi connectivity index (χ3v) is 4.71. The highest BCUT2D eigenvalue weighted by molar-refractivity contribution is 5.88. The molecule has 0 aromatic heterocycles. The lowest BCUT2D eigenvalue weighted by atomic mass is 10.1. The monoisotopic (exact) mass is 468 g/mol. The van der Waals surface area contributed by atoms with E-state index in [2.05, 4.69) is 30.1 Å². The molecule has 0 aliphatic carbocycles. The van der Waals surface area contributed by atoms with E-state index in [1.807, 2.05) is 39.5 Å². The van der Waals surface area contributed by atoms with Crippen LogP contribution >= 0.6 is 0 Å². The molecule has 1 saturated heterocycles. The number of allylic oxidation sites excluding steroid dienone is 2. The van der Waals surface area contributed by atoms with Gasteiger partial charge in [0, 0.05) is 24.8 Å². The van der Waals surface area contributed by atoms with Gasteiger partial charge in [0.05, 0.1) is 13.3 Å². The maximum atomic E-state index is 12.6. The van der Waals surface area contributed by atoms with E-state index in [9.17, 15) is 9.59 Å². The first kappa shape index (κ1) is 30.8. The van der Waals surface area contributed by atoms with Crippen LogP contribution in [0.1, 0.15) is 81.6 Å². The molecule has 1 aliphatic rings. The van der Waals surface area contributed by atoms with Gasteiger partial charge in [0.15, 0.2) is 0 Å². The molecule has 8 heteroatoms. The Bertz CT molecular complexity index is 660. The molecule has 1 rings (SSSR count). The molecule has 1 amide bonds. The third kappa shape index (κ3) is 13.2. The van der Waals surface area contributed by atoms with Crippen LogP contribution in [0.2, 0.25) is 0 Å². The van der Waals surface area contributed by atoms with Gasteiger partial charge >= 0.3 is 12.1 Å². The average Bonchev–Trinajstić information content (AvgIpc) is 2.68. The highest BCUT2D eigenvalue weighted by Gasteiger charge is 2.27. The van der Waals surface area contributed by atoms with Crippen molar-refractivity contribution < 1.29 is 19.1 Å². The smallest absolute Gasteiger partial charge is 0.407 e. The van der Waals surface area contributed by atoms with Gasteiger partial charge in [-0.25, -0.2) is 9.59 Å². The number of nitrogens with two attached hydrogens (primary N) is 1. The fourth-order valence-electron chi connectivity index (χ4n) is 3.52. The van der Waals surface area contributed by atoms with Gasteiger partial charge in [-0.15, -0.1) is 0 Å². The molecule has 1 unspecified atom stereocenters. The van der Waals surface area contributed by atoms with Gasteiger partial charge < -0.3 is 25.4 Å². The van der Waals surface area contributed by atoms with Crippen LogP contribution in [0.5, 0.6) is 0 Å². The van der Waals surface area contributed by atoms with Gasteiger partial charge in [-0.2, -0.15) is 0 Å². The van der Waals surface area contributed by atoms with E-state index in [0.29, 0.717) is 37.8 Å². The van der Waals surface area contributed by atoms with E-state index in [1.165, 1.54) is 5.57 Å². The topological polar surface area (TPSA) is 97.1 Å². The van der Waals surface area contributed by atoms with E-state index in [1.54, 1.807) is 13.8 Å². The van der Waals surface area contributed by atoms with Crippen molar-refractivity contribution in [1.82, 2.24) is 15.1 Å². The molecule has 0 aromatic rings. The van der Waals surface area contributed by atoms with Crippen molar-refractivity contribution in [2.75, 3.05) is 32.9 Å². The summed E-state index contributed by atoms with van der Waals surface area (Å²) in [6, 6.07) is -0.00257. The zero-order valence-corrected chi connectivity index (χ0v) is 22.4. The first-order valence-corrected chi connectivity index (χ1v) is 12.2. The minimum Gasteiger partial charge on any atom is -0.461 e. The number of ether oxygens (including phenoxy) is 2. The third-order valence-electron chi connectivity index (χ3n) is 4.71. The molecule has 1 atom stereocenters. The Morgan fingerprint density at radius 1 is 1.21 bits per heavy atom. The number of likely N-dealkylation sites (tertiary alicyclic amines) is 1. The van der Waals surface area contributed by atoms with Crippen molar-refractivity contribution in [3.05, 3.63) is 23.0 Å². The molecular formula is C25H48N4O4. The first-order valence-electron chi connectivity index (χ1n) is 12.2. The predicted molar refractivity (Wildman–Crippen MR) is 134 cm³/mol. The number of carbonyl (C=O) groups is 2. The number of esters is 1. The first-order chi connectivity index (χ1) is 15.4. The SMILES string of the molecule is CC.CCOC(=O)/C(=C(\C)N)N(CCC=C(C)C)CN1CCCC(NC(=O)OC(C)(C)C)C1. The minimum absolute atomic E-state index is 0.00257. The Labute approximate surface area is 201 Å². The number of alkyl carbamates (subject to hydrolysis) is 1. The number of carbonyl (C=O) groups excluding carboxylic acids is 2. The summed E-state index contributed by atoms with van der Waals surface area (Å²) in [4.78, 5) is 29.0. The van der Waals surface area contributed by atoms with Gasteiger partial charge in [-0.05, 0) is 74.3 Å². The molecule has 0 saturated carbocycles. The number of nitrogens with one attached hydrogen (secondary N) is 1. The zero-order chi connectivity index (χ0) is 25.6. The molecule has 1 aliphatic heterocycles. The largest absolute Gasteiger partial charge is 0.461 e. The van der Waals surface area contributed by atoms with E-state index < -0.39 is 17.7 Å². The summed E-state index contributed by atoms with van der Waals surface area (Å²) >= 11 is 0. The highest BCUT2D eigenvalue weighted by atomic mass is 16.6. The molecule has 0 bridgehead atoms. The average molecular weight is 469 g/mol. The standard InChI is InChI=1S/C23H42N4O4.C2H6/c1-8-30-21(28)20(18(4)24)27(14-9-11-17(2)3)16-26-13-10-12-19(15-26)25-22(29)31-23(5,6)7;1-2/h11,19H,8-10,12-16,24H2,1-7H3,(H,25,29);1-2H3/b20-18-;. The Balaban J connectivity index is 0.00000497. The van der Waals surface area contributed by atoms with Crippen LogP contribution in [0.4, 0.5) is 4.79 Å². The Hall–Kier alpha value is -2.22. The highest BCUT2D eigenvalue weighted by Crippen LogP contribution is 2.17. The lowest BCUT2D eigenvalue weighted by Gasteiger charge is -2.38. The van der Waals surface area contributed by atoms with Gasteiger partial charge in [-0.3, -0.25) is 4.90 Å². The van der Waals surface area contributed by atoms with Crippen molar-refractivity contribution in [3.8, 4) is 0 Å². The van der Waals surface area contributed by atoms with E-state index in [-0.39, 0.29) is 6.04 Å². The molecule has 33 heavy (non-hydrogen) atoms. The molecule has 8 nitrogen and oxygen atoms in total. The number of nitrogens with zero attached hydrogens (tertiary/aromatic N) is 2. The number of hydrogen-bond donors (Lipinski definition) is 2. The van der Waals surface area contributed by atoms with Gasteiger partial charge in [0.2, 0.25) is 0 Å². The number of piperidine rings is 1. The van der Waals surface area contributed by atoms with Crippen molar-refractivity contribution >= 4 is 12.1 Å². The fraction of sp³-hybridized carbons (Fsp3) is 0.760. The quantitative estimate of drug-likeness (QED) is 0.295. The lowest BCUT2D eigenvalue weighted by molar-refractivity contribution is -0.140. The Kier molecular flexibility index (Phi) is 14.5. The molecule has 0 aromatic carbocycles. The van der Waals surface area contributed by atoms with Crippen molar-refractivity contribution in [2.45, 2.75) is 93.2 Å². The summed E-state index contributed by atoms with van der Waals surface area (Å²) in [7, 11) is 0. The van der Waals surface area contributed by atoms with Crippen LogP contribution in [-0.4, -0.2) is 66.4 Å². The van der Waals surface area contributed by atoms with Crippen LogP contribution in [-0.2, 0) is 14.3 Å². The van der Waals surface area contributed by atoms with E-state index >= 15 is 0 Å². The molecule has 0 spiro atoms. The van der Waals surface area contributed by atoms with Crippen LogP contribution in [0, 0.1) is 0 Å². The summed E-state index contributed by atoms with van der Waals surface area (Å²) in [6.07, 6.45) is 4.38. The minimum atomic E-state index is -0.530. The number of hydrogen-bond acceptors (Lipinski definition) is 7. The second-order valence-corrected chi connectivity index (χ2v) is 9.29. The van der Waals surface area contributed by atoms with Gasteiger partial charge in [0.25, 0.3) is 0 Å². The van der Waals surface area contributed by atoms with Crippen LogP contribution in [0.3, 0.4) is 0 Å². The molecule has 0 radical (unpaired) electrons.